The molecular formula is C23H19FN2O5S. The molecule has 0 saturated carbocycles. The number of hydrogen-bond acceptors (Lipinski definition) is 6. The van der Waals surface area contributed by atoms with E-state index in [4.69, 9.17) is 15.9 Å². The van der Waals surface area contributed by atoms with Gasteiger partial charge in [0.05, 0.1) is 11.5 Å². The minimum Gasteiger partial charge on any atom is -0.490 e. The van der Waals surface area contributed by atoms with Gasteiger partial charge >= 0.3 is 0 Å². The highest BCUT2D eigenvalue weighted by atomic mass is 32.2. The van der Waals surface area contributed by atoms with Crippen molar-refractivity contribution in [1.29, 1.82) is 0 Å². The van der Waals surface area contributed by atoms with Crippen molar-refractivity contribution in [3.8, 4) is 23.8 Å². The lowest BCUT2D eigenvalue weighted by molar-refractivity contribution is -0.127. The smallest absolute Gasteiger partial charge is 0.294 e. The number of rotatable bonds is 8. The number of anilines is 1. The predicted octanol–water partition coefficient (Wildman–Crippen LogP) is 3.91. The quantitative estimate of drug-likeness (QED) is 0.481. The van der Waals surface area contributed by atoms with E-state index >= 15 is 0 Å². The first-order valence-corrected chi connectivity index (χ1v) is 10.4. The molecule has 9 heteroatoms. The molecule has 1 aliphatic heterocycles. The van der Waals surface area contributed by atoms with Gasteiger partial charge in [0.25, 0.3) is 11.1 Å². The maximum absolute atomic E-state index is 13.0. The number of carbonyl (C=O) groups is 3. The number of nitrogens with zero attached hydrogens (tertiary/aromatic N) is 1. The summed E-state index contributed by atoms with van der Waals surface area (Å²) in [4.78, 5) is 38.2. The van der Waals surface area contributed by atoms with Gasteiger partial charge in [0.1, 0.15) is 19.0 Å². The molecule has 0 bridgehead atoms. The fourth-order valence-corrected chi connectivity index (χ4v) is 3.62. The van der Waals surface area contributed by atoms with Crippen molar-refractivity contribution >= 4 is 40.6 Å². The van der Waals surface area contributed by atoms with E-state index in [-0.39, 0.29) is 11.5 Å². The van der Waals surface area contributed by atoms with Crippen LogP contribution < -0.4 is 14.8 Å². The molecule has 0 spiro atoms. The molecule has 1 heterocycles. The highest BCUT2D eigenvalue weighted by Crippen LogP contribution is 2.34. The SMILES string of the molecule is C#CCOc1ccc(/C=C2\SC(=O)N(CC(=O)Nc3ccc(F)cc3)C2=O)cc1OCC. The number of carbonyl (C=O) groups excluding carboxylic acids is 3. The van der Waals surface area contributed by atoms with Crippen LogP contribution in [0.1, 0.15) is 12.5 Å². The molecule has 1 fully saturated rings. The highest BCUT2D eigenvalue weighted by molar-refractivity contribution is 8.18. The Balaban J connectivity index is 1.71. The van der Waals surface area contributed by atoms with Gasteiger partial charge in [0.15, 0.2) is 11.5 Å². The molecule has 2 aromatic carbocycles. The van der Waals surface area contributed by atoms with Crippen LogP contribution in [-0.4, -0.2) is 41.7 Å². The van der Waals surface area contributed by atoms with Crippen LogP contribution in [0.15, 0.2) is 47.4 Å². The van der Waals surface area contributed by atoms with Crippen LogP contribution in [-0.2, 0) is 9.59 Å². The predicted molar refractivity (Wildman–Crippen MR) is 120 cm³/mol. The molecule has 0 unspecified atom stereocenters. The van der Waals surface area contributed by atoms with Crippen molar-refractivity contribution in [3.05, 3.63) is 58.8 Å². The van der Waals surface area contributed by atoms with E-state index in [0.717, 1.165) is 16.7 Å². The van der Waals surface area contributed by atoms with E-state index in [1.807, 2.05) is 6.92 Å². The van der Waals surface area contributed by atoms with Crippen molar-refractivity contribution in [2.45, 2.75) is 6.92 Å². The van der Waals surface area contributed by atoms with Gasteiger partial charge in [-0.2, -0.15) is 0 Å². The second-order valence-electron chi connectivity index (χ2n) is 6.45. The summed E-state index contributed by atoms with van der Waals surface area (Å²) in [5.74, 6) is 1.69. The number of benzene rings is 2. The van der Waals surface area contributed by atoms with Crippen molar-refractivity contribution < 1.29 is 28.2 Å². The number of thioether (sulfide) groups is 1. The monoisotopic (exact) mass is 454 g/mol. The molecule has 0 aromatic heterocycles. The highest BCUT2D eigenvalue weighted by Gasteiger charge is 2.36. The van der Waals surface area contributed by atoms with Gasteiger partial charge < -0.3 is 14.8 Å². The number of hydrogen-bond donors (Lipinski definition) is 1. The van der Waals surface area contributed by atoms with Gasteiger partial charge in [-0.1, -0.05) is 12.0 Å². The van der Waals surface area contributed by atoms with E-state index in [9.17, 15) is 18.8 Å². The number of nitrogens with one attached hydrogen (secondary N) is 1. The maximum Gasteiger partial charge on any atom is 0.294 e. The molecule has 7 nitrogen and oxygen atoms in total. The molecule has 0 radical (unpaired) electrons. The Morgan fingerprint density at radius 3 is 2.62 bits per heavy atom. The molecule has 1 N–H and O–H groups in total. The third-order valence-electron chi connectivity index (χ3n) is 4.18. The Morgan fingerprint density at radius 1 is 1.19 bits per heavy atom. The lowest BCUT2D eigenvalue weighted by Gasteiger charge is -2.12. The molecule has 1 saturated heterocycles. The van der Waals surface area contributed by atoms with Crippen molar-refractivity contribution in [1.82, 2.24) is 4.90 Å². The molecular weight excluding hydrogens is 435 g/mol. The molecule has 3 rings (SSSR count). The van der Waals surface area contributed by atoms with Crippen LogP contribution in [0, 0.1) is 18.2 Å². The minimum absolute atomic E-state index is 0.0816. The van der Waals surface area contributed by atoms with E-state index in [0.29, 0.717) is 29.4 Å². The van der Waals surface area contributed by atoms with E-state index in [1.54, 1.807) is 18.2 Å². The summed E-state index contributed by atoms with van der Waals surface area (Å²) in [6.07, 6.45) is 6.76. The van der Waals surface area contributed by atoms with Crippen LogP contribution in [0.4, 0.5) is 14.9 Å². The van der Waals surface area contributed by atoms with Gasteiger partial charge in [0.2, 0.25) is 5.91 Å². The van der Waals surface area contributed by atoms with Gasteiger partial charge in [-0.15, -0.1) is 6.42 Å². The first kappa shape index (κ1) is 22.9. The first-order valence-electron chi connectivity index (χ1n) is 9.55. The zero-order valence-electron chi connectivity index (χ0n) is 17.1. The minimum atomic E-state index is -0.583. The van der Waals surface area contributed by atoms with Gasteiger partial charge in [0, 0.05) is 5.69 Å². The van der Waals surface area contributed by atoms with Crippen LogP contribution in [0.25, 0.3) is 6.08 Å². The van der Waals surface area contributed by atoms with Gasteiger partial charge in [-0.05, 0) is 66.7 Å². The normalized spacial score (nSPS) is 14.4. The second kappa shape index (κ2) is 10.5. The van der Waals surface area contributed by atoms with Crippen molar-refractivity contribution in [2.75, 3.05) is 25.1 Å². The topological polar surface area (TPSA) is 84.9 Å². The first-order chi connectivity index (χ1) is 15.4. The van der Waals surface area contributed by atoms with Crippen molar-refractivity contribution in [3.63, 3.8) is 0 Å². The lowest BCUT2D eigenvalue weighted by Crippen LogP contribution is -2.36. The Hall–Kier alpha value is -3.77. The number of ether oxygens (including phenoxy) is 2. The van der Waals surface area contributed by atoms with Gasteiger partial charge in [-0.3, -0.25) is 19.3 Å². The molecule has 3 amide bonds. The number of imide groups is 1. The molecule has 32 heavy (non-hydrogen) atoms. The summed E-state index contributed by atoms with van der Waals surface area (Å²) in [5, 5.41) is 1.96. The number of halogens is 1. The summed E-state index contributed by atoms with van der Waals surface area (Å²) >= 11 is 0.735. The third-order valence-corrected chi connectivity index (χ3v) is 5.09. The largest absolute Gasteiger partial charge is 0.490 e. The van der Waals surface area contributed by atoms with Crippen molar-refractivity contribution in [2.24, 2.45) is 0 Å². The van der Waals surface area contributed by atoms with Crippen LogP contribution >= 0.6 is 11.8 Å². The fraction of sp³-hybridized carbons (Fsp3) is 0.174. The van der Waals surface area contributed by atoms with Crippen LogP contribution in [0.5, 0.6) is 11.5 Å². The summed E-state index contributed by atoms with van der Waals surface area (Å²) in [6.45, 7) is 1.84. The van der Waals surface area contributed by atoms with Gasteiger partial charge in [-0.25, -0.2) is 4.39 Å². The van der Waals surface area contributed by atoms with E-state index < -0.39 is 29.4 Å². The van der Waals surface area contributed by atoms with Crippen LogP contribution in [0.3, 0.4) is 0 Å². The maximum atomic E-state index is 13.0. The Bertz CT molecular complexity index is 1110. The Kier molecular flexibility index (Phi) is 7.52. The number of terminal acetylenes is 1. The molecule has 0 aliphatic carbocycles. The van der Waals surface area contributed by atoms with E-state index in [1.165, 1.54) is 30.3 Å². The Morgan fingerprint density at radius 2 is 1.94 bits per heavy atom. The zero-order valence-corrected chi connectivity index (χ0v) is 17.9. The standard InChI is InChI=1S/C23H19FN2O5S/c1-3-11-31-18-10-5-15(12-19(18)30-4-2)13-20-22(28)26(23(29)32-20)14-21(27)25-17-8-6-16(24)7-9-17/h1,5-10,12-13H,4,11,14H2,2H3,(H,25,27)/b20-13-. The molecule has 2 aromatic rings. The second-order valence-corrected chi connectivity index (χ2v) is 7.45. The van der Waals surface area contributed by atoms with E-state index in [2.05, 4.69) is 11.2 Å². The summed E-state index contributed by atoms with van der Waals surface area (Å²) in [6, 6.07) is 10.2. The summed E-state index contributed by atoms with van der Waals surface area (Å²) in [7, 11) is 0. The summed E-state index contributed by atoms with van der Waals surface area (Å²) in [5.41, 5.74) is 0.970. The fourth-order valence-electron chi connectivity index (χ4n) is 2.79. The van der Waals surface area contributed by atoms with Crippen LogP contribution in [0.2, 0.25) is 0 Å². The average Bonchev–Trinajstić information content (AvgIpc) is 3.02. The molecule has 1 aliphatic rings. The average molecular weight is 454 g/mol. The molecule has 164 valence electrons. The third kappa shape index (κ3) is 5.68. The Labute approximate surface area is 188 Å². The lowest BCUT2D eigenvalue weighted by atomic mass is 10.2. The summed E-state index contributed by atoms with van der Waals surface area (Å²) < 4.78 is 24.0. The number of amides is 3. The zero-order chi connectivity index (χ0) is 23.1. The molecule has 0 atom stereocenters.